The van der Waals surface area contributed by atoms with Gasteiger partial charge < -0.3 is 9.26 Å². The first kappa shape index (κ1) is 19.0. The van der Waals surface area contributed by atoms with Gasteiger partial charge in [-0.1, -0.05) is 41.1 Å². The van der Waals surface area contributed by atoms with E-state index in [1.165, 1.54) is 11.3 Å². The van der Waals surface area contributed by atoms with Crippen molar-refractivity contribution >= 4 is 34.2 Å². The van der Waals surface area contributed by atoms with Crippen LogP contribution in [0.1, 0.15) is 38.9 Å². The number of carbonyl (C=O) groups excluding carboxylic acids is 2. The van der Waals surface area contributed by atoms with Gasteiger partial charge in [-0.2, -0.15) is 0 Å². The van der Waals surface area contributed by atoms with Gasteiger partial charge in [0.2, 0.25) is 5.78 Å². The normalized spacial score (nSPS) is 12.1. The van der Waals surface area contributed by atoms with Gasteiger partial charge in [0.15, 0.2) is 6.10 Å². The molecule has 0 unspecified atom stereocenters. The Bertz CT molecular complexity index is 1190. The van der Waals surface area contributed by atoms with Gasteiger partial charge in [-0.25, -0.2) is 9.78 Å². The predicted octanol–water partition coefficient (Wildman–Crippen LogP) is 5.00. The molecule has 0 aliphatic rings. The summed E-state index contributed by atoms with van der Waals surface area (Å²) in [6, 6.07) is 12.6. The molecule has 3 heterocycles. The first-order valence-electron chi connectivity index (χ1n) is 9.07. The first-order chi connectivity index (χ1) is 13.9. The highest BCUT2D eigenvalue weighted by Gasteiger charge is 2.25. The predicted molar refractivity (Wildman–Crippen MR) is 110 cm³/mol. The zero-order valence-electron chi connectivity index (χ0n) is 16.1. The fourth-order valence-corrected chi connectivity index (χ4v) is 3.72. The quantitative estimate of drug-likeness (QED) is 0.343. The Kier molecular flexibility index (Phi) is 4.98. The second-order valence-electron chi connectivity index (χ2n) is 6.76. The third kappa shape index (κ3) is 3.69. The Balaban J connectivity index is 1.66. The second kappa shape index (κ2) is 7.60. The number of fused-ring (bicyclic) bond motifs is 1. The largest absolute Gasteiger partial charge is 0.451 e. The van der Waals surface area contributed by atoms with Crippen LogP contribution in [0, 0.1) is 13.8 Å². The van der Waals surface area contributed by atoms with E-state index in [2.05, 4.69) is 10.1 Å². The number of ketones is 1. The fraction of sp³-hybridized carbons (Fsp3) is 0.182. The molecule has 1 atom stereocenters. The zero-order chi connectivity index (χ0) is 20.5. The number of esters is 1. The zero-order valence-corrected chi connectivity index (χ0v) is 16.9. The summed E-state index contributed by atoms with van der Waals surface area (Å²) in [4.78, 5) is 30.9. The summed E-state index contributed by atoms with van der Waals surface area (Å²) in [6.07, 6.45) is -0.932. The van der Waals surface area contributed by atoms with E-state index in [4.69, 9.17) is 9.26 Å². The molecule has 0 saturated heterocycles. The van der Waals surface area contributed by atoms with Crippen molar-refractivity contribution in [2.75, 3.05) is 0 Å². The molecular formula is C22H18N2O4S. The van der Waals surface area contributed by atoms with Crippen molar-refractivity contribution in [2.45, 2.75) is 26.9 Å². The average molecular weight is 406 g/mol. The van der Waals surface area contributed by atoms with Crippen LogP contribution in [-0.4, -0.2) is 28.0 Å². The van der Waals surface area contributed by atoms with E-state index in [0.717, 1.165) is 10.4 Å². The third-order valence-electron chi connectivity index (χ3n) is 4.60. The highest BCUT2D eigenvalue weighted by Crippen LogP contribution is 2.30. The van der Waals surface area contributed by atoms with E-state index in [1.54, 1.807) is 32.0 Å². The number of carbonyl (C=O) groups is 2. The van der Waals surface area contributed by atoms with Gasteiger partial charge in [-0.3, -0.25) is 4.79 Å². The molecule has 4 rings (SSSR count). The van der Waals surface area contributed by atoms with E-state index in [0.29, 0.717) is 22.3 Å². The van der Waals surface area contributed by atoms with Crippen LogP contribution < -0.4 is 0 Å². The number of nitrogens with zero attached hydrogens (tertiary/aromatic N) is 2. The summed E-state index contributed by atoms with van der Waals surface area (Å²) in [5.41, 5.74) is 3.21. The highest BCUT2D eigenvalue weighted by atomic mass is 32.1. The monoisotopic (exact) mass is 406 g/mol. The van der Waals surface area contributed by atoms with E-state index < -0.39 is 12.1 Å². The van der Waals surface area contributed by atoms with E-state index in [9.17, 15) is 9.59 Å². The Labute approximate surface area is 171 Å². The van der Waals surface area contributed by atoms with Gasteiger partial charge in [0.1, 0.15) is 0 Å². The maximum Gasteiger partial charge on any atom is 0.339 e. The van der Waals surface area contributed by atoms with Crippen LogP contribution in [0.2, 0.25) is 0 Å². The highest BCUT2D eigenvalue weighted by molar-refractivity contribution is 7.13. The minimum absolute atomic E-state index is 0.260. The van der Waals surface area contributed by atoms with Crippen molar-refractivity contribution in [2.24, 2.45) is 0 Å². The van der Waals surface area contributed by atoms with Crippen LogP contribution >= 0.6 is 11.3 Å². The topological polar surface area (TPSA) is 82.3 Å². The number of aromatic nitrogens is 2. The standard InChI is InChI=1S/C22H18N2O4S/c1-12-6-8-15(9-7-12)20(25)14(3)27-22(26)16-11-17(18-5-4-10-29-18)23-21-19(16)13(2)24-28-21/h4-11,14H,1-3H3/t14-/m1/s1. The number of aryl methyl sites for hydroxylation is 2. The molecule has 0 spiro atoms. The van der Waals surface area contributed by atoms with Crippen LogP contribution in [0.5, 0.6) is 0 Å². The molecule has 3 aromatic heterocycles. The molecule has 0 aliphatic carbocycles. The SMILES string of the molecule is Cc1ccc(C(=O)[C@@H](C)OC(=O)c2cc(-c3cccs3)nc3onc(C)c23)cc1. The van der Waals surface area contributed by atoms with Crippen molar-refractivity contribution < 1.29 is 18.8 Å². The summed E-state index contributed by atoms with van der Waals surface area (Å²) in [5, 5.41) is 6.34. The summed E-state index contributed by atoms with van der Waals surface area (Å²) in [7, 11) is 0. The lowest BCUT2D eigenvalue weighted by Crippen LogP contribution is -2.24. The summed E-state index contributed by atoms with van der Waals surface area (Å²) in [5.74, 6) is -0.876. The van der Waals surface area contributed by atoms with Gasteiger partial charge >= 0.3 is 5.97 Å². The number of benzene rings is 1. The van der Waals surface area contributed by atoms with Gasteiger partial charge in [0.05, 0.1) is 27.2 Å². The molecule has 0 aliphatic heterocycles. The Morgan fingerprint density at radius 3 is 2.59 bits per heavy atom. The molecular weight excluding hydrogens is 388 g/mol. The number of Topliss-reactive ketones (excluding diaryl/α,β-unsaturated/α-hetero) is 1. The van der Waals surface area contributed by atoms with Crippen molar-refractivity contribution in [3.05, 3.63) is 70.2 Å². The number of hydrogen-bond donors (Lipinski definition) is 0. The lowest BCUT2D eigenvalue weighted by Gasteiger charge is -2.13. The maximum atomic E-state index is 13.0. The Morgan fingerprint density at radius 2 is 1.90 bits per heavy atom. The molecule has 29 heavy (non-hydrogen) atoms. The Hall–Kier alpha value is -3.32. The third-order valence-corrected chi connectivity index (χ3v) is 5.49. The number of hydrogen-bond acceptors (Lipinski definition) is 7. The van der Waals surface area contributed by atoms with Crippen LogP contribution in [0.4, 0.5) is 0 Å². The maximum absolute atomic E-state index is 13.0. The van der Waals surface area contributed by atoms with Gasteiger partial charge in [0.25, 0.3) is 5.71 Å². The lowest BCUT2D eigenvalue weighted by atomic mass is 10.1. The molecule has 0 amide bonds. The molecule has 0 radical (unpaired) electrons. The van der Waals surface area contributed by atoms with E-state index in [1.807, 2.05) is 36.6 Å². The molecule has 7 heteroatoms. The fourth-order valence-electron chi connectivity index (χ4n) is 3.04. The van der Waals surface area contributed by atoms with Crippen molar-refractivity contribution in [1.82, 2.24) is 10.1 Å². The summed E-state index contributed by atoms with van der Waals surface area (Å²) >= 11 is 1.50. The number of rotatable bonds is 5. The van der Waals surface area contributed by atoms with Crippen LogP contribution in [0.15, 0.2) is 52.4 Å². The van der Waals surface area contributed by atoms with Crippen molar-refractivity contribution in [3.8, 4) is 10.6 Å². The molecule has 146 valence electrons. The molecule has 0 N–H and O–H groups in total. The molecule has 4 aromatic rings. The molecule has 0 bridgehead atoms. The van der Waals surface area contributed by atoms with Gasteiger partial charge in [-0.15, -0.1) is 11.3 Å². The molecule has 0 fully saturated rings. The number of pyridine rings is 1. The number of thiophene rings is 1. The van der Waals surface area contributed by atoms with Crippen LogP contribution in [0.25, 0.3) is 21.7 Å². The second-order valence-corrected chi connectivity index (χ2v) is 7.71. The summed E-state index contributed by atoms with van der Waals surface area (Å²) < 4.78 is 10.8. The van der Waals surface area contributed by atoms with Crippen LogP contribution in [0.3, 0.4) is 0 Å². The average Bonchev–Trinajstić information content (AvgIpc) is 3.37. The summed E-state index contributed by atoms with van der Waals surface area (Å²) in [6.45, 7) is 5.24. The van der Waals surface area contributed by atoms with Gasteiger partial charge in [-0.05, 0) is 38.3 Å². The smallest absolute Gasteiger partial charge is 0.339 e. The molecule has 0 saturated carbocycles. The van der Waals surface area contributed by atoms with E-state index >= 15 is 0 Å². The Morgan fingerprint density at radius 1 is 1.14 bits per heavy atom. The van der Waals surface area contributed by atoms with Gasteiger partial charge in [0, 0.05) is 5.56 Å². The number of ether oxygens (including phenoxy) is 1. The minimum Gasteiger partial charge on any atom is -0.451 e. The first-order valence-corrected chi connectivity index (χ1v) is 9.95. The van der Waals surface area contributed by atoms with Crippen molar-refractivity contribution in [1.29, 1.82) is 0 Å². The lowest BCUT2D eigenvalue weighted by molar-refractivity contribution is 0.0320. The minimum atomic E-state index is -0.932. The van der Waals surface area contributed by atoms with Crippen LogP contribution in [-0.2, 0) is 4.74 Å². The van der Waals surface area contributed by atoms with Crippen molar-refractivity contribution in [3.63, 3.8) is 0 Å². The molecule has 6 nitrogen and oxygen atoms in total. The molecule has 1 aromatic carbocycles. The van der Waals surface area contributed by atoms with E-state index in [-0.39, 0.29) is 17.1 Å².